The van der Waals surface area contributed by atoms with E-state index < -0.39 is 0 Å². The van der Waals surface area contributed by atoms with Crippen LogP contribution >= 0.6 is 0 Å². The summed E-state index contributed by atoms with van der Waals surface area (Å²) in [7, 11) is 0. The molecule has 0 spiro atoms. The molecule has 2 unspecified atom stereocenters. The Balaban J connectivity index is 2.02. The van der Waals surface area contributed by atoms with Crippen molar-refractivity contribution in [3.05, 3.63) is 24.0 Å². The van der Waals surface area contributed by atoms with Crippen LogP contribution in [0.15, 0.2) is 18.3 Å². The van der Waals surface area contributed by atoms with Gasteiger partial charge in [-0.3, -0.25) is 0 Å². The number of rotatable bonds is 3. The minimum atomic E-state index is 0.0479. The molecule has 90 valence electrons. The molecule has 2 atom stereocenters. The molecule has 1 saturated heterocycles. The molecule has 0 aliphatic carbocycles. The van der Waals surface area contributed by atoms with E-state index in [1.54, 1.807) is 0 Å². The number of hydrogen-bond donors (Lipinski definition) is 1. The summed E-state index contributed by atoms with van der Waals surface area (Å²) in [5.41, 5.74) is 7.16. The Bertz CT molecular complexity index is 355. The molecular formula is C13H22N2O. The normalized spacial score (nSPS) is 25.9. The topological polar surface area (TPSA) is 40.2 Å². The van der Waals surface area contributed by atoms with Gasteiger partial charge in [0.2, 0.25) is 0 Å². The van der Waals surface area contributed by atoms with Crippen molar-refractivity contribution < 1.29 is 4.74 Å². The van der Waals surface area contributed by atoms with E-state index in [4.69, 9.17) is 10.5 Å². The van der Waals surface area contributed by atoms with Crippen molar-refractivity contribution >= 4 is 0 Å². The van der Waals surface area contributed by atoms with Gasteiger partial charge in [0.1, 0.15) is 0 Å². The van der Waals surface area contributed by atoms with Crippen molar-refractivity contribution in [3.8, 4) is 0 Å². The SMILES string of the molecule is CC(N)c1cccn1CC1CCC(C)(C)O1. The van der Waals surface area contributed by atoms with Crippen LogP contribution in [0.5, 0.6) is 0 Å². The molecule has 0 radical (unpaired) electrons. The Morgan fingerprint density at radius 1 is 1.62 bits per heavy atom. The van der Waals surface area contributed by atoms with E-state index in [1.807, 2.05) is 6.92 Å². The summed E-state index contributed by atoms with van der Waals surface area (Å²) in [6.07, 6.45) is 4.71. The average Bonchev–Trinajstić information content (AvgIpc) is 2.73. The van der Waals surface area contributed by atoms with Crippen molar-refractivity contribution in [3.63, 3.8) is 0 Å². The highest BCUT2D eigenvalue weighted by Gasteiger charge is 2.31. The van der Waals surface area contributed by atoms with E-state index in [-0.39, 0.29) is 11.6 Å². The van der Waals surface area contributed by atoms with Crippen molar-refractivity contribution in [2.24, 2.45) is 5.73 Å². The number of aromatic nitrogens is 1. The highest BCUT2D eigenvalue weighted by atomic mass is 16.5. The third-order valence-corrected chi connectivity index (χ3v) is 3.29. The number of nitrogens with two attached hydrogens (primary N) is 1. The summed E-state index contributed by atoms with van der Waals surface area (Å²) >= 11 is 0. The second-order valence-electron chi connectivity index (χ2n) is 5.41. The molecule has 0 bridgehead atoms. The summed E-state index contributed by atoms with van der Waals surface area (Å²) in [6.45, 7) is 7.27. The molecule has 0 amide bonds. The second kappa shape index (κ2) is 4.22. The first-order valence-electron chi connectivity index (χ1n) is 6.06. The zero-order chi connectivity index (χ0) is 11.8. The monoisotopic (exact) mass is 222 g/mol. The molecule has 0 aromatic carbocycles. The molecular weight excluding hydrogens is 200 g/mol. The van der Waals surface area contributed by atoms with Crippen LogP contribution in [0.4, 0.5) is 0 Å². The lowest BCUT2D eigenvalue weighted by molar-refractivity contribution is -0.0219. The molecule has 2 N–H and O–H groups in total. The molecule has 0 saturated carbocycles. The molecule has 1 aromatic rings. The first-order valence-corrected chi connectivity index (χ1v) is 6.06. The zero-order valence-corrected chi connectivity index (χ0v) is 10.4. The van der Waals surface area contributed by atoms with Crippen LogP contribution < -0.4 is 5.73 Å². The molecule has 3 heteroatoms. The average molecular weight is 222 g/mol. The summed E-state index contributed by atoms with van der Waals surface area (Å²) in [5, 5.41) is 0. The Labute approximate surface area is 97.6 Å². The third kappa shape index (κ3) is 2.47. The minimum absolute atomic E-state index is 0.0479. The molecule has 16 heavy (non-hydrogen) atoms. The fourth-order valence-corrected chi connectivity index (χ4v) is 2.43. The summed E-state index contributed by atoms with van der Waals surface area (Å²) < 4.78 is 8.21. The van der Waals surface area contributed by atoms with Gasteiger partial charge >= 0.3 is 0 Å². The third-order valence-electron chi connectivity index (χ3n) is 3.29. The maximum atomic E-state index is 6.00. The molecule has 2 rings (SSSR count). The highest BCUT2D eigenvalue weighted by molar-refractivity contribution is 5.11. The van der Waals surface area contributed by atoms with Gasteiger partial charge in [-0.25, -0.2) is 0 Å². The van der Waals surface area contributed by atoms with E-state index in [2.05, 4.69) is 36.7 Å². The van der Waals surface area contributed by atoms with Gasteiger partial charge in [-0.15, -0.1) is 0 Å². The molecule has 2 heterocycles. The molecule has 3 nitrogen and oxygen atoms in total. The van der Waals surface area contributed by atoms with Crippen molar-refractivity contribution in [2.45, 2.75) is 57.9 Å². The van der Waals surface area contributed by atoms with Crippen LogP contribution in [0.1, 0.15) is 45.3 Å². The second-order valence-corrected chi connectivity index (χ2v) is 5.41. The van der Waals surface area contributed by atoms with E-state index in [0.717, 1.165) is 19.4 Å². The van der Waals surface area contributed by atoms with E-state index in [0.29, 0.717) is 6.10 Å². The Morgan fingerprint density at radius 3 is 2.94 bits per heavy atom. The summed E-state index contributed by atoms with van der Waals surface area (Å²) in [5.74, 6) is 0. The van der Waals surface area contributed by atoms with E-state index in [9.17, 15) is 0 Å². The fourth-order valence-electron chi connectivity index (χ4n) is 2.43. The van der Waals surface area contributed by atoms with E-state index >= 15 is 0 Å². The quantitative estimate of drug-likeness (QED) is 0.853. The van der Waals surface area contributed by atoms with Crippen LogP contribution in [0.3, 0.4) is 0 Å². The van der Waals surface area contributed by atoms with Crippen LogP contribution in [0, 0.1) is 0 Å². The maximum absolute atomic E-state index is 6.00. The summed E-state index contributed by atoms with van der Waals surface area (Å²) in [4.78, 5) is 0. The molecule has 1 aliphatic rings. The smallest absolute Gasteiger partial charge is 0.0762 e. The molecule has 1 aromatic heterocycles. The van der Waals surface area contributed by atoms with Gasteiger partial charge in [0.15, 0.2) is 0 Å². The van der Waals surface area contributed by atoms with Gasteiger partial charge in [0.25, 0.3) is 0 Å². The first kappa shape index (κ1) is 11.7. The lowest BCUT2D eigenvalue weighted by Gasteiger charge is -2.21. The van der Waals surface area contributed by atoms with Crippen molar-refractivity contribution in [1.29, 1.82) is 0 Å². The van der Waals surface area contributed by atoms with Crippen molar-refractivity contribution in [1.82, 2.24) is 4.57 Å². The fraction of sp³-hybridized carbons (Fsp3) is 0.692. The minimum Gasteiger partial charge on any atom is -0.370 e. The number of hydrogen-bond acceptors (Lipinski definition) is 2. The van der Waals surface area contributed by atoms with Crippen LogP contribution in [-0.2, 0) is 11.3 Å². The lowest BCUT2D eigenvalue weighted by atomic mass is 10.1. The number of nitrogens with zero attached hydrogens (tertiary/aromatic N) is 1. The predicted octanol–water partition coefficient (Wildman–Crippen LogP) is 2.47. The maximum Gasteiger partial charge on any atom is 0.0762 e. The van der Waals surface area contributed by atoms with Crippen LogP contribution in [-0.4, -0.2) is 16.3 Å². The van der Waals surface area contributed by atoms with Gasteiger partial charge in [0, 0.05) is 24.5 Å². The highest BCUT2D eigenvalue weighted by Crippen LogP contribution is 2.30. The van der Waals surface area contributed by atoms with Crippen LogP contribution in [0.25, 0.3) is 0 Å². The zero-order valence-electron chi connectivity index (χ0n) is 10.4. The summed E-state index contributed by atoms with van der Waals surface area (Å²) in [6, 6.07) is 4.23. The number of ether oxygens (including phenoxy) is 1. The van der Waals surface area contributed by atoms with Gasteiger partial charge < -0.3 is 15.0 Å². The van der Waals surface area contributed by atoms with E-state index in [1.165, 1.54) is 5.69 Å². The van der Waals surface area contributed by atoms with Crippen molar-refractivity contribution in [2.75, 3.05) is 0 Å². The Hall–Kier alpha value is -0.800. The predicted molar refractivity (Wildman–Crippen MR) is 65.2 cm³/mol. The largest absolute Gasteiger partial charge is 0.370 e. The van der Waals surface area contributed by atoms with Gasteiger partial charge in [-0.1, -0.05) is 0 Å². The van der Waals surface area contributed by atoms with Gasteiger partial charge in [0.05, 0.1) is 11.7 Å². The molecule has 1 aliphatic heterocycles. The Kier molecular flexibility index (Phi) is 3.08. The Morgan fingerprint density at radius 2 is 2.38 bits per heavy atom. The first-order chi connectivity index (χ1) is 7.48. The molecule has 1 fully saturated rings. The standard InChI is InChI=1S/C13H22N2O/c1-10(14)12-5-4-8-15(12)9-11-6-7-13(2,3)16-11/h4-5,8,10-11H,6-7,9,14H2,1-3H3. The van der Waals surface area contributed by atoms with Crippen LogP contribution in [0.2, 0.25) is 0 Å². The van der Waals surface area contributed by atoms with Gasteiger partial charge in [-0.05, 0) is 45.7 Å². The lowest BCUT2D eigenvalue weighted by Crippen LogP contribution is -2.24. The van der Waals surface area contributed by atoms with Gasteiger partial charge in [-0.2, -0.15) is 0 Å².